The van der Waals surface area contributed by atoms with Crippen LogP contribution in [0.15, 0.2) is 36.4 Å². The van der Waals surface area contributed by atoms with Gasteiger partial charge in [-0.05, 0) is 67.9 Å². The summed E-state index contributed by atoms with van der Waals surface area (Å²) >= 11 is 12.5. The summed E-state index contributed by atoms with van der Waals surface area (Å²) in [4.78, 5) is 42.7. The fourth-order valence-corrected chi connectivity index (χ4v) is 8.85. The molecule has 0 aromatic heterocycles. The van der Waals surface area contributed by atoms with Crippen LogP contribution < -0.4 is 16.0 Å². The number of rotatable bonds is 6. The lowest BCUT2D eigenvalue weighted by molar-refractivity contribution is -0.134. The Balaban J connectivity index is 1.44. The maximum Gasteiger partial charge on any atom is 0.238 e. The molecule has 2 aliphatic heterocycles. The zero-order valence-corrected chi connectivity index (χ0v) is 26.0. The van der Waals surface area contributed by atoms with Crippen LogP contribution in [0.4, 0.5) is 18.9 Å². The third-order valence-corrected chi connectivity index (χ3v) is 10.9. The maximum absolute atomic E-state index is 16.0. The molecule has 0 bridgehead atoms. The summed E-state index contributed by atoms with van der Waals surface area (Å²) in [6.45, 7) is -1.89. The lowest BCUT2D eigenvalue weighted by Crippen LogP contribution is -2.70. The van der Waals surface area contributed by atoms with E-state index in [1.807, 2.05) is 0 Å². The number of hydrogen-bond donors (Lipinski definition) is 3. The van der Waals surface area contributed by atoms with Gasteiger partial charge in [0.15, 0.2) is 0 Å². The molecule has 236 valence electrons. The van der Waals surface area contributed by atoms with E-state index >= 15 is 4.39 Å². The van der Waals surface area contributed by atoms with Crippen molar-refractivity contribution in [3.05, 3.63) is 63.4 Å². The fraction of sp³-hybridized carbons (Fsp3) is 0.531. The maximum atomic E-state index is 16.0. The summed E-state index contributed by atoms with van der Waals surface area (Å²) in [5.74, 6) is -2.93. The van der Waals surface area contributed by atoms with Gasteiger partial charge in [0.2, 0.25) is 17.7 Å². The van der Waals surface area contributed by atoms with Crippen molar-refractivity contribution in [2.45, 2.75) is 67.5 Å². The first-order chi connectivity index (χ1) is 20.9. The van der Waals surface area contributed by atoms with Gasteiger partial charge >= 0.3 is 0 Å². The molecular formula is C32H35Cl2F3N4O3. The highest BCUT2D eigenvalue weighted by Crippen LogP contribution is 2.68. The van der Waals surface area contributed by atoms with Gasteiger partial charge in [0, 0.05) is 53.6 Å². The van der Waals surface area contributed by atoms with Crippen LogP contribution in [0.3, 0.4) is 0 Å². The average Bonchev–Trinajstić information content (AvgIpc) is 3.45. The second kappa shape index (κ2) is 11.2. The quantitative estimate of drug-likeness (QED) is 0.396. The van der Waals surface area contributed by atoms with Crippen molar-refractivity contribution >= 4 is 46.6 Å². The number of nitrogens with one attached hydrogen (secondary N) is 3. The van der Waals surface area contributed by atoms with Gasteiger partial charge in [0.25, 0.3) is 0 Å². The van der Waals surface area contributed by atoms with Crippen LogP contribution in [0.5, 0.6) is 0 Å². The monoisotopic (exact) mass is 650 g/mol. The molecule has 12 heteroatoms. The number of amides is 3. The predicted molar refractivity (Wildman–Crippen MR) is 162 cm³/mol. The smallest absolute Gasteiger partial charge is 0.238 e. The molecule has 3 amide bonds. The van der Waals surface area contributed by atoms with Crippen molar-refractivity contribution in [3.63, 3.8) is 0 Å². The number of anilines is 1. The number of alkyl halides is 2. The zero-order valence-electron chi connectivity index (χ0n) is 24.5. The largest absolute Gasteiger partial charge is 0.352 e. The standard InChI is InChI=1S/C32H35Cl2F3N4O3/c1-41(2)28(43)17-6-9-19(10-7-17)38-27(42)26-24(20-4-3-5-22(34)25(20)37)32(31(40-26)13-30(14-31,15-35)16-36)21-11-8-18(33)12-23(21)39-29(32)44/h3-5,8,11-12,17,19,24,26,40H,6-7,9-10,13-16H2,1-2H3,(H,38,42)(H,39,44)/t17?,19?,24-,26+,32+/m0/s1. The summed E-state index contributed by atoms with van der Waals surface area (Å²) in [7, 11) is 3.43. The first kappa shape index (κ1) is 31.2. The molecular weight excluding hydrogens is 616 g/mol. The number of carbonyl (C=O) groups is 3. The third kappa shape index (κ3) is 4.54. The van der Waals surface area contributed by atoms with Crippen molar-refractivity contribution in [1.29, 1.82) is 0 Å². The van der Waals surface area contributed by atoms with Gasteiger partial charge in [-0.15, -0.1) is 0 Å². The molecule has 1 saturated heterocycles. The summed E-state index contributed by atoms with van der Waals surface area (Å²) in [5.41, 5.74) is -3.28. The molecule has 7 nitrogen and oxygen atoms in total. The van der Waals surface area contributed by atoms with E-state index in [1.54, 1.807) is 43.3 Å². The molecule has 6 rings (SSSR count). The highest BCUT2D eigenvalue weighted by molar-refractivity contribution is 6.31. The number of benzene rings is 2. The second-order valence-electron chi connectivity index (χ2n) is 13.2. The van der Waals surface area contributed by atoms with E-state index < -0.39 is 59.3 Å². The Hall–Kier alpha value is -2.82. The van der Waals surface area contributed by atoms with Crippen molar-refractivity contribution in [3.8, 4) is 0 Å². The molecule has 3 atom stereocenters. The van der Waals surface area contributed by atoms with Gasteiger partial charge in [0.05, 0.1) is 24.4 Å². The van der Waals surface area contributed by atoms with E-state index in [0.717, 1.165) is 0 Å². The third-order valence-electron chi connectivity index (χ3n) is 10.4. The Bertz CT molecular complexity index is 1500. The van der Waals surface area contributed by atoms with Crippen molar-refractivity contribution < 1.29 is 27.6 Å². The van der Waals surface area contributed by atoms with Gasteiger partial charge in [0.1, 0.15) is 11.2 Å². The molecule has 2 spiro atoms. The van der Waals surface area contributed by atoms with Gasteiger partial charge in [-0.2, -0.15) is 0 Å². The predicted octanol–water partition coefficient (Wildman–Crippen LogP) is 5.30. The van der Waals surface area contributed by atoms with E-state index in [-0.39, 0.29) is 41.3 Å². The Morgan fingerprint density at radius 2 is 1.73 bits per heavy atom. The highest BCUT2D eigenvalue weighted by atomic mass is 35.5. The second-order valence-corrected chi connectivity index (χ2v) is 14.0. The Kier molecular flexibility index (Phi) is 7.94. The SMILES string of the molecule is CN(C)C(=O)C1CCC(NC(=O)[C@@H]2NC3(CC(CF)(CF)C3)[C@@]3(C(=O)Nc4cc(Cl)ccc43)[C@H]2c2cccc(Cl)c2F)CC1. The van der Waals surface area contributed by atoms with Crippen LogP contribution in [0, 0.1) is 17.2 Å². The molecule has 3 fully saturated rings. The van der Waals surface area contributed by atoms with Crippen LogP contribution in [0.1, 0.15) is 55.6 Å². The Morgan fingerprint density at radius 3 is 2.36 bits per heavy atom. The van der Waals surface area contributed by atoms with E-state index in [0.29, 0.717) is 42.0 Å². The minimum absolute atomic E-state index is 0.0489. The van der Waals surface area contributed by atoms with Crippen molar-refractivity contribution in [1.82, 2.24) is 15.5 Å². The fourth-order valence-electron chi connectivity index (χ4n) is 8.50. The lowest BCUT2D eigenvalue weighted by Gasteiger charge is -2.59. The lowest BCUT2D eigenvalue weighted by atomic mass is 9.46. The molecule has 4 aliphatic rings. The van der Waals surface area contributed by atoms with Crippen LogP contribution in [0.2, 0.25) is 10.0 Å². The summed E-state index contributed by atoms with van der Waals surface area (Å²) in [6.07, 6.45) is 2.19. The van der Waals surface area contributed by atoms with Gasteiger partial charge in [-0.25, -0.2) is 4.39 Å². The minimum Gasteiger partial charge on any atom is -0.352 e. The number of halogens is 5. The molecule has 2 heterocycles. The summed E-state index contributed by atoms with van der Waals surface area (Å²) in [5, 5.41) is 9.52. The van der Waals surface area contributed by atoms with Crippen molar-refractivity contribution in [2.75, 3.05) is 32.8 Å². The number of nitrogens with zero attached hydrogens (tertiary/aromatic N) is 1. The molecule has 0 unspecified atom stereocenters. The summed E-state index contributed by atoms with van der Waals surface area (Å²) in [6, 6.07) is 7.92. The average molecular weight is 652 g/mol. The zero-order chi connectivity index (χ0) is 31.6. The molecule has 2 aliphatic carbocycles. The molecule has 2 aromatic carbocycles. The first-order valence-electron chi connectivity index (χ1n) is 14.9. The minimum atomic E-state index is -1.61. The van der Waals surface area contributed by atoms with E-state index in [1.165, 1.54) is 12.1 Å². The van der Waals surface area contributed by atoms with Crippen LogP contribution >= 0.6 is 23.2 Å². The normalized spacial score (nSPS) is 29.7. The highest BCUT2D eigenvalue weighted by Gasteiger charge is 2.78. The molecule has 2 aromatic rings. The molecule has 44 heavy (non-hydrogen) atoms. The summed E-state index contributed by atoms with van der Waals surface area (Å²) < 4.78 is 44.6. The van der Waals surface area contributed by atoms with Crippen molar-refractivity contribution in [2.24, 2.45) is 11.3 Å². The van der Waals surface area contributed by atoms with E-state index in [4.69, 9.17) is 23.2 Å². The van der Waals surface area contributed by atoms with E-state index in [2.05, 4.69) is 16.0 Å². The van der Waals surface area contributed by atoms with Gasteiger partial charge in [-0.1, -0.05) is 41.4 Å². The van der Waals surface area contributed by atoms with Gasteiger partial charge < -0.3 is 15.5 Å². The molecule has 0 radical (unpaired) electrons. The first-order valence-corrected chi connectivity index (χ1v) is 15.6. The molecule has 2 saturated carbocycles. The van der Waals surface area contributed by atoms with Crippen LogP contribution in [-0.2, 0) is 19.8 Å². The Labute approximate surface area is 264 Å². The number of fused-ring (bicyclic) bond motifs is 3. The van der Waals surface area contributed by atoms with Crippen LogP contribution in [0.25, 0.3) is 0 Å². The van der Waals surface area contributed by atoms with Crippen LogP contribution in [-0.4, -0.2) is 67.7 Å². The topological polar surface area (TPSA) is 90.5 Å². The molecule has 3 N–H and O–H groups in total. The number of hydrogen-bond acceptors (Lipinski definition) is 4. The number of carbonyl (C=O) groups excluding carboxylic acids is 3. The van der Waals surface area contributed by atoms with E-state index in [9.17, 15) is 23.2 Å². The Morgan fingerprint density at radius 1 is 1.05 bits per heavy atom. The van der Waals surface area contributed by atoms with Gasteiger partial charge in [-0.3, -0.25) is 28.5 Å².